The maximum Gasteiger partial charge on any atom is 0.280 e. The molecule has 0 aliphatic heterocycles. The second-order valence-electron chi connectivity index (χ2n) is 6.91. The van der Waals surface area contributed by atoms with Gasteiger partial charge in [0.1, 0.15) is 5.82 Å². The minimum Gasteiger partial charge on any atom is -0.355 e. The number of aromatic amines is 1. The molecular formula is C23H16N6O2. The summed E-state index contributed by atoms with van der Waals surface area (Å²) < 4.78 is 0. The van der Waals surface area contributed by atoms with E-state index in [1.165, 1.54) is 12.3 Å². The zero-order chi connectivity index (χ0) is 21.2. The fraction of sp³-hybridized carbons (Fsp3) is 0. The number of nitro groups is 1. The molecule has 0 aliphatic carbocycles. The van der Waals surface area contributed by atoms with Crippen LogP contribution in [0, 0.1) is 10.1 Å². The van der Waals surface area contributed by atoms with Gasteiger partial charge in [0.05, 0.1) is 27.2 Å². The lowest BCUT2D eigenvalue weighted by molar-refractivity contribution is -0.384. The third-order valence-electron chi connectivity index (χ3n) is 4.86. The van der Waals surface area contributed by atoms with Crippen molar-refractivity contribution in [3.63, 3.8) is 0 Å². The second kappa shape index (κ2) is 7.68. The highest BCUT2D eigenvalue weighted by molar-refractivity contribution is 5.80. The molecule has 5 aromatic rings. The van der Waals surface area contributed by atoms with Gasteiger partial charge in [0, 0.05) is 29.2 Å². The van der Waals surface area contributed by atoms with Crippen molar-refractivity contribution < 1.29 is 4.92 Å². The number of benzene rings is 3. The number of anilines is 2. The molecule has 0 aliphatic rings. The lowest BCUT2D eigenvalue weighted by Crippen LogP contribution is -1.97. The van der Waals surface area contributed by atoms with E-state index in [9.17, 15) is 10.1 Å². The average molecular weight is 408 g/mol. The molecule has 5 rings (SSSR count). The molecule has 0 saturated carbocycles. The van der Waals surface area contributed by atoms with Gasteiger partial charge in [0.2, 0.25) is 0 Å². The SMILES string of the molecule is O=[N+]([O-])c1cc(Nc2cccc(-c3nc4ccccc4[nH]3)c2)ccc1-c1cccnn1. The van der Waals surface area contributed by atoms with Crippen LogP contribution < -0.4 is 5.32 Å². The number of para-hydroxylation sites is 2. The first-order chi connectivity index (χ1) is 15.2. The van der Waals surface area contributed by atoms with E-state index in [0.29, 0.717) is 16.9 Å². The second-order valence-corrected chi connectivity index (χ2v) is 6.91. The Labute approximate surface area is 176 Å². The van der Waals surface area contributed by atoms with Crippen LogP contribution in [-0.4, -0.2) is 25.1 Å². The maximum absolute atomic E-state index is 11.6. The van der Waals surface area contributed by atoms with Gasteiger partial charge in [-0.25, -0.2) is 4.98 Å². The highest BCUT2D eigenvalue weighted by Gasteiger charge is 2.17. The summed E-state index contributed by atoms with van der Waals surface area (Å²) in [6, 6.07) is 23.9. The fourth-order valence-electron chi connectivity index (χ4n) is 3.42. The summed E-state index contributed by atoms with van der Waals surface area (Å²) in [5.41, 5.74) is 4.98. The van der Waals surface area contributed by atoms with Gasteiger partial charge in [0.25, 0.3) is 5.69 Å². The van der Waals surface area contributed by atoms with Crippen LogP contribution in [-0.2, 0) is 0 Å². The van der Waals surface area contributed by atoms with Gasteiger partial charge in [-0.05, 0) is 48.5 Å². The Morgan fingerprint density at radius 3 is 2.58 bits per heavy atom. The molecule has 0 fully saturated rings. The van der Waals surface area contributed by atoms with E-state index in [1.807, 2.05) is 48.5 Å². The summed E-state index contributed by atoms with van der Waals surface area (Å²) in [6.07, 6.45) is 1.53. The van der Waals surface area contributed by atoms with Crippen LogP contribution in [0.5, 0.6) is 0 Å². The number of fused-ring (bicyclic) bond motifs is 1. The van der Waals surface area contributed by atoms with E-state index in [2.05, 4.69) is 25.5 Å². The molecule has 0 atom stereocenters. The van der Waals surface area contributed by atoms with Crippen LogP contribution in [0.15, 0.2) is 85.1 Å². The van der Waals surface area contributed by atoms with Crippen LogP contribution >= 0.6 is 0 Å². The van der Waals surface area contributed by atoms with Crippen LogP contribution in [0.1, 0.15) is 0 Å². The predicted octanol–water partition coefficient (Wildman–Crippen LogP) is 5.34. The Hall–Kier alpha value is -4.59. The minimum atomic E-state index is -0.417. The Balaban J connectivity index is 1.47. The highest BCUT2D eigenvalue weighted by Crippen LogP contribution is 2.32. The molecular weight excluding hydrogens is 392 g/mol. The number of nitrogens with zero attached hydrogens (tertiary/aromatic N) is 4. The van der Waals surface area contributed by atoms with Crippen molar-refractivity contribution in [2.45, 2.75) is 0 Å². The Morgan fingerprint density at radius 2 is 1.77 bits per heavy atom. The Morgan fingerprint density at radius 1 is 0.903 bits per heavy atom. The van der Waals surface area contributed by atoms with E-state index >= 15 is 0 Å². The third kappa shape index (κ3) is 3.69. The van der Waals surface area contributed by atoms with E-state index in [-0.39, 0.29) is 5.69 Å². The molecule has 150 valence electrons. The molecule has 2 N–H and O–H groups in total. The Bertz CT molecular complexity index is 1360. The molecule has 0 amide bonds. The zero-order valence-electron chi connectivity index (χ0n) is 16.2. The number of aromatic nitrogens is 4. The van der Waals surface area contributed by atoms with Gasteiger partial charge in [0.15, 0.2) is 0 Å². The van der Waals surface area contributed by atoms with Crippen LogP contribution in [0.4, 0.5) is 17.1 Å². The molecule has 0 radical (unpaired) electrons. The highest BCUT2D eigenvalue weighted by atomic mass is 16.6. The number of nitro benzene ring substituents is 1. The summed E-state index contributed by atoms with van der Waals surface area (Å²) in [7, 11) is 0. The van der Waals surface area contributed by atoms with E-state index in [0.717, 1.165) is 28.1 Å². The van der Waals surface area contributed by atoms with Gasteiger partial charge in [-0.1, -0.05) is 24.3 Å². The van der Waals surface area contributed by atoms with Crippen molar-refractivity contribution in [2.75, 3.05) is 5.32 Å². The van der Waals surface area contributed by atoms with Crippen molar-refractivity contribution >= 4 is 28.1 Å². The fourth-order valence-corrected chi connectivity index (χ4v) is 3.42. The van der Waals surface area contributed by atoms with Crippen molar-refractivity contribution in [3.8, 4) is 22.6 Å². The normalized spacial score (nSPS) is 10.8. The molecule has 31 heavy (non-hydrogen) atoms. The molecule has 8 nitrogen and oxygen atoms in total. The first-order valence-electron chi connectivity index (χ1n) is 9.56. The zero-order valence-corrected chi connectivity index (χ0v) is 16.2. The van der Waals surface area contributed by atoms with Crippen molar-refractivity contribution in [1.29, 1.82) is 0 Å². The largest absolute Gasteiger partial charge is 0.355 e. The lowest BCUT2D eigenvalue weighted by atomic mass is 10.1. The van der Waals surface area contributed by atoms with Crippen molar-refractivity contribution in [1.82, 2.24) is 20.2 Å². The molecule has 2 aromatic heterocycles. The molecule has 0 bridgehead atoms. The van der Waals surface area contributed by atoms with E-state index in [4.69, 9.17) is 0 Å². The molecule has 8 heteroatoms. The predicted molar refractivity (Wildman–Crippen MR) is 119 cm³/mol. The minimum absolute atomic E-state index is 0.0426. The summed E-state index contributed by atoms with van der Waals surface area (Å²) in [6.45, 7) is 0. The van der Waals surface area contributed by atoms with E-state index in [1.54, 1.807) is 24.3 Å². The van der Waals surface area contributed by atoms with Crippen LogP contribution in [0.2, 0.25) is 0 Å². The summed E-state index contributed by atoms with van der Waals surface area (Å²) in [5, 5.41) is 22.7. The van der Waals surface area contributed by atoms with Crippen LogP contribution in [0.25, 0.3) is 33.7 Å². The van der Waals surface area contributed by atoms with Gasteiger partial charge in [-0.15, -0.1) is 0 Å². The number of imidazole rings is 1. The van der Waals surface area contributed by atoms with E-state index < -0.39 is 4.92 Å². The van der Waals surface area contributed by atoms with Gasteiger partial charge in [-0.2, -0.15) is 10.2 Å². The van der Waals surface area contributed by atoms with Crippen molar-refractivity contribution in [3.05, 3.63) is 95.2 Å². The summed E-state index contributed by atoms with van der Waals surface area (Å²) in [4.78, 5) is 19.2. The number of nitrogens with one attached hydrogen (secondary N) is 2. The smallest absolute Gasteiger partial charge is 0.280 e. The lowest BCUT2D eigenvalue weighted by Gasteiger charge is -2.09. The number of hydrogen-bond acceptors (Lipinski definition) is 6. The number of rotatable bonds is 5. The standard InChI is InChI=1S/C23H16N6O2/c30-29(31)22-14-17(10-11-18(22)19-9-4-12-24-28-19)25-16-6-3-5-15(13-16)23-26-20-7-1-2-8-21(20)27-23/h1-14,25H,(H,26,27). The topological polar surface area (TPSA) is 110 Å². The molecule has 0 unspecified atom stereocenters. The maximum atomic E-state index is 11.6. The average Bonchev–Trinajstić information content (AvgIpc) is 3.24. The molecule has 3 aromatic carbocycles. The number of hydrogen-bond donors (Lipinski definition) is 2. The molecule has 0 spiro atoms. The van der Waals surface area contributed by atoms with Crippen LogP contribution in [0.3, 0.4) is 0 Å². The van der Waals surface area contributed by atoms with Gasteiger partial charge in [-0.3, -0.25) is 10.1 Å². The quantitative estimate of drug-likeness (QED) is 0.300. The summed E-state index contributed by atoms with van der Waals surface area (Å²) >= 11 is 0. The first kappa shape index (κ1) is 18.4. The first-order valence-corrected chi connectivity index (χ1v) is 9.56. The number of H-pyrrole nitrogens is 1. The van der Waals surface area contributed by atoms with Gasteiger partial charge < -0.3 is 10.3 Å². The Kier molecular flexibility index (Phi) is 4.57. The monoisotopic (exact) mass is 408 g/mol. The van der Waals surface area contributed by atoms with Gasteiger partial charge >= 0.3 is 0 Å². The molecule has 2 heterocycles. The summed E-state index contributed by atoms with van der Waals surface area (Å²) in [5.74, 6) is 0.758. The van der Waals surface area contributed by atoms with Crippen molar-refractivity contribution in [2.24, 2.45) is 0 Å². The third-order valence-corrected chi connectivity index (χ3v) is 4.86. The molecule has 0 saturated heterocycles.